The van der Waals surface area contributed by atoms with Crippen LogP contribution >= 0.6 is 0 Å². The summed E-state index contributed by atoms with van der Waals surface area (Å²) in [5.74, 6) is 2.03. The monoisotopic (exact) mass is 469 g/mol. The lowest BCUT2D eigenvalue weighted by atomic mass is 10.0. The van der Waals surface area contributed by atoms with Crippen LogP contribution in [0.15, 0.2) is 53.6 Å². The standard InChI is InChI=1S/C27H31N7O/c1-18-15-29-26(32(18)2)24-8-7-21(16-28-24)33-13-10-20(11-14-33)34-12-9-19(17-34)25-30-23-6-4-3-5-22(23)27(35)31-25/h3-8,15-16,19-20H,9-14,17H2,1-2H3,(H,30,31,35). The topological polar surface area (TPSA) is 82.9 Å². The predicted octanol–water partition coefficient (Wildman–Crippen LogP) is 3.49. The van der Waals surface area contributed by atoms with E-state index in [-0.39, 0.29) is 11.5 Å². The normalized spacial score (nSPS) is 19.6. The average molecular weight is 470 g/mol. The van der Waals surface area contributed by atoms with Crippen LogP contribution in [0.1, 0.15) is 36.7 Å². The van der Waals surface area contributed by atoms with E-state index >= 15 is 0 Å². The number of piperidine rings is 1. The number of likely N-dealkylation sites (tertiary alicyclic amines) is 1. The van der Waals surface area contributed by atoms with E-state index in [9.17, 15) is 4.79 Å². The summed E-state index contributed by atoms with van der Waals surface area (Å²) in [4.78, 5) is 34.6. The molecule has 180 valence electrons. The fraction of sp³-hybridized carbons (Fsp3) is 0.407. The fourth-order valence-corrected chi connectivity index (χ4v) is 5.57. The number of H-pyrrole nitrogens is 1. The molecule has 5 heterocycles. The number of nitrogens with one attached hydrogen (secondary N) is 1. The van der Waals surface area contributed by atoms with Crippen LogP contribution < -0.4 is 10.5 Å². The number of hydrogen-bond acceptors (Lipinski definition) is 6. The largest absolute Gasteiger partial charge is 0.370 e. The zero-order chi connectivity index (χ0) is 23.9. The summed E-state index contributed by atoms with van der Waals surface area (Å²) in [6, 6.07) is 12.4. The molecule has 0 bridgehead atoms. The van der Waals surface area contributed by atoms with E-state index in [4.69, 9.17) is 9.97 Å². The third-order valence-corrected chi connectivity index (χ3v) is 7.78. The third kappa shape index (κ3) is 4.12. The van der Waals surface area contributed by atoms with Gasteiger partial charge in [-0.2, -0.15) is 0 Å². The highest BCUT2D eigenvalue weighted by atomic mass is 16.1. The molecule has 1 aromatic carbocycles. The van der Waals surface area contributed by atoms with Gasteiger partial charge in [0.1, 0.15) is 11.5 Å². The first-order valence-electron chi connectivity index (χ1n) is 12.5. The van der Waals surface area contributed by atoms with Crippen LogP contribution in [0.4, 0.5) is 5.69 Å². The number of nitrogens with zero attached hydrogens (tertiary/aromatic N) is 6. The third-order valence-electron chi connectivity index (χ3n) is 7.78. The second kappa shape index (κ2) is 8.92. The smallest absolute Gasteiger partial charge is 0.258 e. The molecule has 1 N–H and O–H groups in total. The number of anilines is 1. The van der Waals surface area contributed by atoms with Gasteiger partial charge in [-0.3, -0.25) is 14.7 Å². The molecule has 2 saturated heterocycles. The molecular weight excluding hydrogens is 438 g/mol. The molecule has 0 spiro atoms. The van der Waals surface area contributed by atoms with Gasteiger partial charge in [-0.25, -0.2) is 9.97 Å². The van der Waals surface area contributed by atoms with Gasteiger partial charge in [0, 0.05) is 50.5 Å². The van der Waals surface area contributed by atoms with Crippen LogP contribution in [-0.4, -0.2) is 61.6 Å². The number of imidazole rings is 1. The quantitative estimate of drug-likeness (QED) is 0.493. The van der Waals surface area contributed by atoms with Gasteiger partial charge < -0.3 is 14.5 Å². The summed E-state index contributed by atoms with van der Waals surface area (Å²) in [7, 11) is 2.02. The second-order valence-electron chi connectivity index (χ2n) is 9.85. The van der Waals surface area contributed by atoms with Gasteiger partial charge >= 0.3 is 0 Å². The van der Waals surface area contributed by atoms with Crippen molar-refractivity contribution >= 4 is 16.6 Å². The van der Waals surface area contributed by atoms with E-state index in [0.29, 0.717) is 11.4 Å². The Balaban J connectivity index is 1.08. The first kappa shape index (κ1) is 22.0. The number of rotatable bonds is 4. The van der Waals surface area contributed by atoms with Crippen molar-refractivity contribution in [3.63, 3.8) is 0 Å². The summed E-state index contributed by atoms with van der Waals surface area (Å²) < 4.78 is 2.07. The Labute approximate surface area is 204 Å². The zero-order valence-electron chi connectivity index (χ0n) is 20.3. The minimum absolute atomic E-state index is 0.0324. The Morgan fingerprint density at radius 1 is 0.971 bits per heavy atom. The summed E-state index contributed by atoms with van der Waals surface area (Å²) in [6.45, 7) is 6.13. The van der Waals surface area contributed by atoms with Crippen molar-refractivity contribution in [1.82, 2.24) is 29.4 Å². The van der Waals surface area contributed by atoms with Crippen LogP contribution in [0, 0.1) is 6.92 Å². The minimum atomic E-state index is -0.0324. The highest BCUT2D eigenvalue weighted by molar-refractivity contribution is 5.77. The van der Waals surface area contributed by atoms with E-state index < -0.39 is 0 Å². The molecule has 0 amide bonds. The lowest BCUT2D eigenvalue weighted by Gasteiger charge is -2.37. The number of fused-ring (bicyclic) bond motifs is 1. The highest BCUT2D eigenvalue weighted by Gasteiger charge is 2.32. The first-order valence-corrected chi connectivity index (χ1v) is 12.5. The number of aryl methyl sites for hydroxylation is 1. The second-order valence-corrected chi connectivity index (χ2v) is 9.85. The highest BCUT2D eigenvalue weighted by Crippen LogP contribution is 2.31. The van der Waals surface area contributed by atoms with Crippen molar-refractivity contribution < 1.29 is 0 Å². The molecule has 0 radical (unpaired) electrons. The Kier molecular flexibility index (Phi) is 5.60. The van der Waals surface area contributed by atoms with E-state index in [1.54, 1.807) is 0 Å². The number of pyridine rings is 1. The van der Waals surface area contributed by atoms with Crippen molar-refractivity contribution in [2.45, 2.75) is 38.1 Å². The lowest BCUT2D eigenvalue weighted by molar-refractivity contribution is 0.205. The predicted molar refractivity (Wildman–Crippen MR) is 138 cm³/mol. The molecule has 0 saturated carbocycles. The van der Waals surface area contributed by atoms with Gasteiger partial charge in [0.05, 0.1) is 22.8 Å². The average Bonchev–Trinajstić information content (AvgIpc) is 3.52. The van der Waals surface area contributed by atoms with Crippen molar-refractivity contribution in [2.75, 3.05) is 31.1 Å². The van der Waals surface area contributed by atoms with Crippen molar-refractivity contribution in [3.05, 3.63) is 70.7 Å². The SMILES string of the molecule is Cc1cnc(-c2ccc(N3CCC(N4CCC(c5nc6ccccc6c(=O)[nH]5)C4)CC3)cn2)n1C. The summed E-state index contributed by atoms with van der Waals surface area (Å²) >= 11 is 0. The molecule has 4 aromatic rings. The van der Waals surface area contributed by atoms with Gasteiger partial charge in [0.2, 0.25) is 0 Å². The Hall–Kier alpha value is -3.52. The molecule has 2 aliphatic rings. The van der Waals surface area contributed by atoms with Gasteiger partial charge in [0.25, 0.3) is 5.56 Å². The van der Waals surface area contributed by atoms with Crippen molar-refractivity contribution in [2.24, 2.45) is 7.05 Å². The van der Waals surface area contributed by atoms with Gasteiger partial charge in [0.15, 0.2) is 5.82 Å². The Bertz CT molecular complexity index is 1400. The molecule has 3 aromatic heterocycles. The van der Waals surface area contributed by atoms with Gasteiger partial charge in [-0.1, -0.05) is 12.1 Å². The zero-order valence-corrected chi connectivity index (χ0v) is 20.3. The molecule has 0 aliphatic carbocycles. The molecule has 1 atom stereocenters. The number of benzene rings is 1. The maximum atomic E-state index is 12.5. The number of hydrogen-bond donors (Lipinski definition) is 1. The van der Waals surface area contributed by atoms with Crippen LogP contribution in [0.5, 0.6) is 0 Å². The summed E-state index contributed by atoms with van der Waals surface area (Å²) in [5, 5.41) is 0.663. The van der Waals surface area contributed by atoms with Gasteiger partial charge in [-0.15, -0.1) is 0 Å². The molecular formula is C27H31N7O. The van der Waals surface area contributed by atoms with Gasteiger partial charge in [-0.05, 0) is 57.0 Å². The molecule has 8 heteroatoms. The first-order chi connectivity index (χ1) is 17.1. The van der Waals surface area contributed by atoms with E-state index in [1.807, 2.05) is 43.7 Å². The van der Waals surface area contributed by atoms with Crippen molar-refractivity contribution in [3.8, 4) is 11.5 Å². The number of para-hydroxylation sites is 1. The molecule has 2 aliphatic heterocycles. The molecule has 35 heavy (non-hydrogen) atoms. The van der Waals surface area contributed by atoms with Crippen LogP contribution in [-0.2, 0) is 7.05 Å². The van der Waals surface area contributed by atoms with E-state index in [0.717, 1.165) is 74.0 Å². The van der Waals surface area contributed by atoms with E-state index in [1.165, 1.54) is 5.69 Å². The van der Waals surface area contributed by atoms with E-state index in [2.05, 4.69) is 43.4 Å². The molecule has 6 rings (SSSR count). The van der Waals surface area contributed by atoms with Crippen LogP contribution in [0.25, 0.3) is 22.4 Å². The van der Waals surface area contributed by atoms with Crippen molar-refractivity contribution in [1.29, 1.82) is 0 Å². The number of aromatic nitrogens is 5. The minimum Gasteiger partial charge on any atom is -0.370 e. The molecule has 2 fully saturated rings. The molecule has 1 unspecified atom stereocenters. The van der Waals surface area contributed by atoms with Crippen LogP contribution in [0.2, 0.25) is 0 Å². The Morgan fingerprint density at radius 2 is 1.80 bits per heavy atom. The maximum Gasteiger partial charge on any atom is 0.258 e. The molecule has 8 nitrogen and oxygen atoms in total. The maximum absolute atomic E-state index is 12.5. The summed E-state index contributed by atoms with van der Waals surface area (Å²) in [6.07, 6.45) is 7.17. The summed E-state index contributed by atoms with van der Waals surface area (Å²) in [5.41, 5.74) is 3.96. The fourth-order valence-electron chi connectivity index (χ4n) is 5.57. The number of aromatic amines is 1. The van der Waals surface area contributed by atoms with Crippen LogP contribution in [0.3, 0.4) is 0 Å². The Morgan fingerprint density at radius 3 is 2.54 bits per heavy atom. The lowest BCUT2D eigenvalue weighted by Crippen LogP contribution is -2.44.